The second-order valence-electron chi connectivity index (χ2n) is 5.32. The van der Waals surface area contributed by atoms with Crippen molar-refractivity contribution in [2.45, 2.75) is 19.3 Å². The molecule has 0 bridgehead atoms. The topological polar surface area (TPSA) is 72.4 Å². The predicted molar refractivity (Wildman–Crippen MR) is 72.8 cm³/mol. The number of rotatable bonds is 1. The lowest BCUT2D eigenvalue weighted by Gasteiger charge is -2.16. The molecule has 0 spiro atoms. The summed E-state index contributed by atoms with van der Waals surface area (Å²) in [6, 6.07) is 5.84. The Kier molecular flexibility index (Phi) is 2.23. The Balaban J connectivity index is 2.19. The summed E-state index contributed by atoms with van der Waals surface area (Å²) >= 11 is 0. The number of hydrogen-bond donors (Lipinski definition) is 1. The Morgan fingerprint density at radius 3 is 2.74 bits per heavy atom. The minimum absolute atomic E-state index is 0.0953. The first-order chi connectivity index (χ1) is 8.93. The van der Waals surface area contributed by atoms with Crippen LogP contribution in [-0.2, 0) is 10.2 Å². The number of carbonyl (C=O) groups is 1. The smallest absolute Gasteiger partial charge is 0.236 e. The van der Waals surface area contributed by atoms with Gasteiger partial charge >= 0.3 is 0 Å². The standard InChI is InChI=1S/C14H15N3O2/c1-14(2)10-6-8(9-7-16-19-12(9)15)4-5-11(10)17(3)13(14)18/h4-7H,15H2,1-3H3. The van der Waals surface area contributed by atoms with Crippen molar-refractivity contribution in [3.63, 3.8) is 0 Å². The molecule has 1 aromatic carbocycles. The lowest BCUT2D eigenvalue weighted by molar-refractivity contribution is -0.121. The predicted octanol–water partition coefficient (Wildman–Crippen LogP) is 2.18. The lowest BCUT2D eigenvalue weighted by atomic mass is 9.85. The van der Waals surface area contributed by atoms with E-state index in [1.165, 1.54) is 0 Å². The van der Waals surface area contributed by atoms with Crippen LogP contribution in [0.4, 0.5) is 11.6 Å². The molecular formula is C14H15N3O2. The summed E-state index contributed by atoms with van der Waals surface area (Å²) in [5.74, 6) is 0.383. The van der Waals surface area contributed by atoms with Crippen molar-refractivity contribution in [2.24, 2.45) is 0 Å². The molecule has 5 nitrogen and oxygen atoms in total. The highest BCUT2D eigenvalue weighted by Crippen LogP contribution is 2.43. The van der Waals surface area contributed by atoms with Crippen molar-refractivity contribution >= 4 is 17.5 Å². The van der Waals surface area contributed by atoms with E-state index in [9.17, 15) is 4.79 Å². The first-order valence-electron chi connectivity index (χ1n) is 6.06. The van der Waals surface area contributed by atoms with Gasteiger partial charge in [-0.3, -0.25) is 4.79 Å². The molecule has 5 heteroatoms. The van der Waals surface area contributed by atoms with Crippen LogP contribution in [0, 0.1) is 0 Å². The van der Waals surface area contributed by atoms with Crippen molar-refractivity contribution in [3.05, 3.63) is 30.0 Å². The molecule has 2 aromatic rings. The normalized spacial score (nSPS) is 16.8. The third-order valence-electron chi connectivity index (χ3n) is 3.78. The largest absolute Gasteiger partial charge is 0.367 e. The Morgan fingerprint density at radius 2 is 2.11 bits per heavy atom. The van der Waals surface area contributed by atoms with Crippen molar-refractivity contribution in [1.82, 2.24) is 5.16 Å². The molecule has 0 aliphatic carbocycles. The van der Waals surface area contributed by atoms with Gasteiger partial charge in [-0.05, 0) is 37.1 Å². The van der Waals surface area contributed by atoms with Crippen LogP contribution in [0.5, 0.6) is 0 Å². The molecular weight excluding hydrogens is 242 g/mol. The van der Waals surface area contributed by atoms with E-state index in [0.717, 1.165) is 22.4 Å². The first-order valence-corrected chi connectivity index (χ1v) is 6.06. The molecule has 1 aliphatic rings. The third kappa shape index (κ3) is 1.47. The summed E-state index contributed by atoms with van der Waals surface area (Å²) in [6.07, 6.45) is 1.59. The van der Waals surface area contributed by atoms with Gasteiger partial charge in [-0.25, -0.2) is 0 Å². The number of carbonyl (C=O) groups excluding carboxylic acids is 1. The van der Waals surface area contributed by atoms with Gasteiger partial charge in [0.1, 0.15) is 0 Å². The maximum absolute atomic E-state index is 12.2. The number of hydrogen-bond acceptors (Lipinski definition) is 4. The lowest BCUT2D eigenvalue weighted by Crippen LogP contribution is -2.33. The van der Waals surface area contributed by atoms with E-state index >= 15 is 0 Å². The molecule has 0 radical (unpaired) electrons. The summed E-state index contributed by atoms with van der Waals surface area (Å²) in [5.41, 5.74) is 8.81. The molecule has 98 valence electrons. The van der Waals surface area contributed by atoms with E-state index in [1.807, 2.05) is 32.0 Å². The molecule has 2 N–H and O–H groups in total. The number of amides is 1. The molecule has 1 amide bonds. The average Bonchev–Trinajstić information content (AvgIpc) is 2.88. The Morgan fingerprint density at radius 1 is 1.37 bits per heavy atom. The monoisotopic (exact) mass is 257 g/mol. The van der Waals surface area contributed by atoms with Crippen LogP contribution in [0.2, 0.25) is 0 Å². The third-order valence-corrected chi connectivity index (χ3v) is 3.78. The zero-order valence-electron chi connectivity index (χ0n) is 11.1. The average molecular weight is 257 g/mol. The second-order valence-corrected chi connectivity index (χ2v) is 5.32. The fraction of sp³-hybridized carbons (Fsp3) is 0.286. The Hall–Kier alpha value is -2.30. The second kappa shape index (κ2) is 3.60. The molecule has 2 heterocycles. The maximum Gasteiger partial charge on any atom is 0.236 e. The number of nitrogen functional groups attached to an aromatic ring is 1. The maximum atomic E-state index is 12.2. The summed E-state index contributed by atoms with van der Waals surface area (Å²) in [4.78, 5) is 13.9. The highest BCUT2D eigenvalue weighted by molar-refractivity contribution is 6.07. The summed E-state index contributed by atoms with van der Waals surface area (Å²) in [7, 11) is 1.79. The van der Waals surface area contributed by atoms with Crippen LogP contribution in [0.1, 0.15) is 19.4 Å². The van der Waals surface area contributed by atoms with E-state index in [-0.39, 0.29) is 11.8 Å². The molecule has 1 aromatic heterocycles. The Labute approximate surface area is 111 Å². The summed E-state index contributed by atoms with van der Waals surface area (Å²) in [5, 5.41) is 3.68. The van der Waals surface area contributed by atoms with Crippen molar-refractivity contribution in [3.8, 4) is 11.1 Å². The van der Waals surface area contributed by atoms with Crippen LogP contribution in [0.25, 0.3) is 11.1 Å². The fourth-order valence-corrected chi connectivity index (χ4v) is 2.61. The van der Waals surface area contributed by atoms with Gasteiger partial charge in [-0.15, -0.1) is 0 Å². The molecule has 0 fully saturated rings. The summed E-state index contributed by atoms with van der Waals surface area (Å²) < 4.78 is 4.88. The van der Waals surface area contributed by atoms with Crippen molar-refractivity contribution in [2.75, 3.05) is 17.7 Å². The zero-order valence-corrected chi connectivity index (χ0v) is 11.1. The van der Waals surface area contributed by atoms with Gasteiger partial charge in [-0.1, -0.05) is 11.2 Å². The van der Waals surface area contributed by atoms with Crippen molar-refractivity contribution in [1.29, 1.82) is 0 Å². The number of anilines is 2. The van der Waals surface area contributed by atoms with E-state index < -0.39 is 5.41 Å². The van der Waals surface area contributed by atoms with Crippen LogP contribution in [0.3, 0.4) is 0 Å². The zero-order chi connectivity index (χ0) is 13.8. The molecule has 0 atom stereocenters. The van der Waals surface area contributed by atoms with Crippen LogP contribution < -0.4 is 10.6 Å². The molecule has 1 aliphatic heterocycles. The minimum Gasteiger partial charge on any atom is -0.367 e. The van der Waals surface area contributed by atoms with E-state index in [4.69, 9.17) is 10.3 Å². The van der Waals surface area contributed by atoms with Gasteiger partial charge in [0, 0.05) is 12.7 Å². The van der Waals surface area contributed by atoms with Crippen molar-refractivity contribution < 1.29 is 9.32 Å². The molecule has 0 unspecified atom stereocenters. The highest BCUT2D eigenvalue weighted by Gasteiger charge is 2.42. The highest BCUT2D eigenvalue weighted by atomic mass is 16.5. The Bertz CT molecular complexity index is 673. The first kappa shape index (κ1) is 11.8. The molecule has 0 saturated heterocycles. The quantitative estimate of drug-likeness (QED) is 0.849. The van der Waals surface area contributed by atoms with Gasteiger partial charge in [0.15, 0.2) is 0 Å². The van der Waals surface area contributed by atoms with Gasteiger partial charge in [0.2, 0.25) is 11.8 Å². The van der Waals surface area contributed by atoms with Gasteiger partial charge < -0.3 is 15.2 Å². The van der Waals surface area contributed by atoms with Gasteiger partial charge in [-0.2, -0.15) is 0 Å². The van der Waals surface area contributed by atoms with Crippen LogP contribution >= 0.6 is 0 Å². The number of likely N-dealkylation sites (N-methyl/N-ethyl adjacent to an activating group) is 1. The number of nitrogens with two attached hydrogens (primary N) is 1. The molecule has 19 heavy (non-hydrogen) atoms. The fourth-order valence-electron chi connectivity index (χ4n) is 2.61. The van der Waals surface area contributed by atoms with Crippen LogP contribution in [-0.4, -0.2) is 18.1 Å². The number of aromatic nitrogens is 1. The molecule has 0 saturated carbocycles. The van der Waals surface area contributed by atoms with E-state index in [1.54, 1.807) is 18.1 Å². The van der Waals surface area contributed by atoms with E-state index in [2.05, 4.69) is 5.16 Å². The minimum atomic E-state index is -0.522. The SMILES string of the molecule is CN1C(=O)C(C)(C)c2cc(-c3cnoc3N)ccc21. The van der Waals surface area contributed by atoms with Gasteiger partial charge in [0.05, 0.1) is 17.2 Å². The van der Waals surface area contributed by atoms with Gasteiger partial charge in [0.25, 0.3) is 0 Å². The number of nitrogens with zero attached hydrogens (tertiary/aromatic N) is 2. The number of fused-ring (bicyclic) bond motifs is 1. The summed E-state index contributed by atoms with van der Waals surface area (Å²) in [6.45, 7) is 3.86. The van der Waals surface area contributed by atoms with E-state index in [0.29, 0.717) is 0 Å². The molecule has 3 rings (SSSR count). The van der Waals surface area contributed by atoms with Crippen LogP contribution in [0.15, 0.2) is 28.9 Å². The number of benzene rings is 1.